The monoisotopic (exact) mass is 266 g/mol. The van der Waals surface area contributed by atoms with Crippen LogP contribution in [0.15, 0.2) is 0 Å². The first-order valence-electron chi connectivity index (χ1n) is 6.68. The molecule has 1 aliphatic heterocycles. The molecule has 1 fully saturated rings. The molecule has 1 aliphatic rings. The lowest BCUT2D eigenvalue weighted by molar-refractivity contribution is -0.117. The van der Waals surface area contributed by atoms with E-state index in [1.165, 1.54) is 0 Å². The van der Waals surface area contributed by atoms with Crippen LogP contribution in [0.2, 0.25) is 0 Å². The molecule has 6 nitrogen and oxygen atoms in total. The molecule has 6 heteroatoms. The van der Waals surface area contributed by atoms with Gasteiger partial charge in [0.1, 0.15) is 0 Å². The Balaban J connectivity index is 1.91. The van der Waals surface area contributed by atoms with Crippen LogP contribution in [0.3, 0.4) is 0 Å². The molecule has 0 saturated carbocycles. The topological polar surface area (TPSA) is 70.4 Å². The molecule has 0 spiro atoms. The third-order valence-corrected chi connectivity index (χ3v) is 3.70. The van der Waals surface area contributed by atoms with Gasteiger partial charge in [-0.25, -0.2) is 0 Å². The number of aryl methyl sites for hydroxylation is 2. The molecule has 1 aromatic rings. The van der Waals surface area contributed by atoms with Crippen LogP contribution >= 0.6 is 0 Å². The molecular weight excluding hydrogens is 244 g/mol. The van der Waals surface area contributed by atoms with Crippen molar-refractivity contribution in [3.05, 3.63) is 11.4 Å². The van der Waals surface area contributed by atoms with Gasteiger partial charge in [0.25, 0.3) is 0 Å². The van der Waals surface area contributed by atoms with Crippen LogP contribution in [-0.4, -0.2) is 51.4 Å². The third-order valence-electron chi connectivity index (χ3n) is 3.70. The zero-order chi connectivity index (χ0) is 14.0. The third kappa shape index (κ3) is 3.33. The van der Waals surface area contributed by atoms with Crippen LogP contribution in [0, 0.1) is 13.8 Å². The quantitative estimate of drug-likeness (QED) is 0.832. The van der Waals surface area contributed by atoms with Crippen molar-refractivity contribution in [1.29, 1.82) is 0 Å². The Morgan fingerprint density at radius 2 is 2.05 bits per heavy atom. The summed E-state index contributed by atoms with van der Waals surface area (Å²) >= 11 is 0. The van der Waals surface area contributed by atoms with Crippen LogP contribution in [0.4, 0.5) is 5.69 Å². The molecule has 0 atom stereocenters. The molecule has 0 aromatic carbocycles. The molecule has 2 heterocycles. The highest BCUT2D eigenvalue weighted by atomic mass is 16.3. The Morgan fingerprint density at radius 1 is 1.42 bits per heavy atom. The van der Waals surface area contributed by atoms with Crippen molar-refractivity contribution in [2.24, 2.45) is 7.05 Å². The van der Waals surface area contributed by atoms with Crippen molar-refractivity contribution in [2.45, 2.75) is 32.8 Å². The number of aromatic nitrogens is 2. The van der Waals surface area contributed by atoms with Crippen LogP contribution in [0.25, 0.3) is 0 Å². The van der Waals surface area contributed by atoms with Crippen LogP contribution < -0.4 is 5.32 Å². The highest BCUT2D eigenvalue weighted by Gasteiger charge is 2.20. The molecule has 1 saturated heterocycles. The zero-order valence-electron chi connectivity index (χ0n) is 11.8. The van der Waals surface area contributed by atoms with E-state index in [1.807, 2.05) is 20.9 Å². The minimum atomic E-state index is -0.206. The van der Waals surface area contributed by atoms with Gasteiger partial charge in [0.2, 0.25) is 5.91 Å². The van der Waals surface area contributed by atoms with Crippen molar-refractivity contribution < 1.29 is 9.90 Å². The van der Waals surface area contributed by atoms with Gasteiger partial charge in [-0.05, 0) is 26.7 Å². The fourth-order valence-corrected chi connectivity index (χ4v) is 2.41. The second-order valence-corrected chi connectivity index (χ2v) is 5.22. The van der Waals surface area contributed by atoms with Gasteiger partial charge in [0.15, 0.2) is 0 Å². The van der Waals surface area contributed by atoms with E-state index in [9.17, 15) is 9.90 Å². The predicted octanol–water partition coefficient (Wildman–Crippen LogP) is 0.432. The number of amides is 1. The van der Waals surface area contributed by atoms with Gasteiger partial charge in [0, 0.05) is 20.1 Å². The molecule has 0 bridgehead atoms. The maximum Gasteiger partial charge on any atom is 0.238 e. The number of rotatable bonds is 3. The van der Waals surface area contributed by atoms with Crippen molar-refractivity contribution >= 4 is 11.6 Å². The summed E-state index contributed by atoms with van der Waals surface area (Å²) in [6.07, 6.45) is 1.29. The summed E-state index contributed by atoms with van der Waals surface area (Å²) in [5.41, 5.74) is 2.60. The van der Waals surface area contributed by atoms with E-state index in [4.69, 9.17) is 0 Å². The Morgan fingerprint density at radius 3 is 2.58 bits per heavy atom. The van der Waals surface area contributed by atoms with Crippen LogP contribution in [0.5, 0.6) is 0 Å². The molecule has 2 rings (SSSR count). The smallest absolute Gasteiger partial charge is 0.238 e. The van der Waals surface area contributed by atoms with E-state index in [0.29, 0.717) is 6.54 Å². The van der Waals surface area contributed by atoms with E-state index < -0.39 is 0 Å². The number of hydrogen-bond acceptors (Lipinski definition) is 4. The Labute approximate surface area is 113 Å². The summed E-state index contributed by atoms with van der Waals surface area (Å²) in [4.78, 5) is 14.1. The number of piperidine rings is 1. The Hall–Kier alpha value is -1.40. The maximum atomic E-state index is 12.0. The molecular formula is C13H22N4O2. The van der Waals surface area contributed by atoms with Gasteiger partial charge in [-0.1, -0.05) is 0 Å². The summed E-state index contributed by atoms with van der Waals surface area (Å²) in [5.74, 6) is -0.0180. The van der Waals surface area contributed by atoms with E-state index in [1.54, 1.807) is 4.68 Å². The van der Waals surface area contributed by atoms with Gasteiger partial charge >= 0.3 is 0 Å². The second-order valence-electron chi connectivity index (χ2n) is 5.22. The minimum absolute atomic E-state index is 0.0180. The molecule has 106 valence electrons. The zero-order valence-corrected chi connectivity index (χ0v) is 11.8. The number of carbonyl (C=O) groups is 1. The van der Waals surface area contributed by atoms with E-state index in [-0.39, 0.29) is 12.0 Å². The van der Waals surface area contributed by atoms with E-state index >= 15 is 0 Å². The lowest BCUT2D eigenvalue weighted by Crippen LogP contribution is -2.40. The average molecular weight is 266 g/mol. The predicted molar refractivity (Wildman–Crippen MR) is 73.0 cm³/mol. The summed E-state index contributed by atoms with van der Waals surface area (Å²) < 4.78 is 1.77. The standard InChI is InChI=1S/C13H22N4O2/c1-9-13(10(2)16(3)15-9)14-12(19)8-17-6-4-11(18)5-7-17/h11,18H,4-8H2,1-3H3,(H,14,19). The minimum Gasteiger partial charge on any atom is -0.393 e. The highest BCUT2D eigenvalue weighted by molar-refractivity contribution is 5.93. The summed E-state index contributed by atoms with van der Waals surface area (Å²) in [6, 6.07) is 0. The Bertz CT molecular complexity index is 461. The molecule has 1 amide bonds. The number of aliphatic hydroxyl groups excluding tert-OH is 1. The normalized spacial score (nSPS) is 17.7. The first-order chi connectivity index (χ1) is 8.97. The number of nitrogens with zero attached hydrogens (tertiary/aromatic N) is 3. The lowest BCUT2D eigenvalue weighted by Gasteiger charge is -2.28. The lowest BCUT2D eigenvalue weighted by atomic mass is 10.1. The molecule has 1 aromatic heterocycles. The van der Waals surface area contributed by atoms with Gasteiger partial charge < -0.3 is 10.4 Å². The van der Waals surface area contributed by atoms with Gasteiger partial charge in [0.05, 0.1) is 29.7 Å². The first kappa shape index (κ1) is 14.0. The number of carbonyl (C=O) groups excluding carboxylic acids is 1. The number of nitrogens with one attached hydrogen (secondary N) is 1. The van der Waals surface area contributed by atoms with Crippen molar-refractivity contribution in [3.8, 4) is 0 Å². The SMILES string of the molecule is Cc1nn(C)c(C)c1NC(=O)CN1CCC(O)CC1. The maximum absolute atomic E-state index is 12.0. The van der Waals surface area contributed by atoms with Crippen molar-refractivity contribution in [1.82, 2.24) is 14.7 Å². The number of hydrogen-bond donors (Lipinski definition) is 2. The average Bonchev–Trinajstić information content (AvgIpc) is 2.59. The van der Waals surface area contributed by atoms with E-state index in [2.05, 4.69) is 15.3 Å². The highest BCUT2D eigenvalue weighted by Crippen LogP contribution is 2.18. The van der Waals surface area contributed by atoms with Crippen molar-refractivity contribution in [3.63, 3.8) is 0 Å². The molecule has 19 heavy (non-hydrogen) atoms. The van der Waals surface area contributed by atoms with Crippen LogP contribution in [0.1, 0.15) is 24.2 Å². The number of anilines is 1. The Kier molecular flexibility index (Phi) is 4.21. The largest absolute Gasteiger partial charge is 0.393 e. The van der Waals surface area contributed by atoms with Gasteiger partial charge in [-0.3, -0.25) is 14.4 Å². The molecule has 0 aliphatic carbocycles. The van der Waals surface area contributed by atoms with Crippen molar-refractivity contribution in [2.75, 3.05) is 25.0 Å². The summed E-state index contributed by atoms with van der Waals surface area (Å²) in [6.45, 7) is 5.76. The fraction of sp³-hybridized carbons (Fsp3) is 0.692. The molecule has 0 unspecified atom stereocenters. The summed E-state index contributed by atoms with van der Waals surface area (Å²) in [7, 11) is 1.87. The fourth-order valence-electron chi connectivity index (χ4n) is 2.41. The molecule has 2 N–H and O–H groups in total. The van der Waals surface area contributed by atoms with Crippen LogP contribution in [-0.2, 0) is 11.8 Å². The molecule has 0 radical (unpaired) electrons. The first-order valence-corrected chi connectivity index (χ1v) is 6.68. The second kappa shape index (κ2) is 5.71. The number of likely N-dealkylation sites (tertiary alicyclic amines) is 1. The summed E-state index contributed by atoms with van der Waals surface area (Å²) in [5, 5.41) is 16.6. The van der Waals surface area contributed by atoms with Gasteiger partial charge in [-0.2, -0.15) is 5.10 Å². The number of aliphatic hydroxyl groups is 1. The van der Waals surface area contributed by atoms with E-state index in [0.717, 1.165) is 43.0 Å². The van der Waals surface area contributed by atoms with Gasteiger partial charge in [-0.15, -0.1) is 0 Å².